The smallest absolute Gasteiger partial charge is 0.149 e. The number of aromatic nitrogens is 2. The van der Waals surface area contributed by atoms with Gasteiger partial charge in [-0.05, 0) is 41.7 Å². The minimum atomic E-state index is -1.09. The third-order valence-electron chi connectivity index (χ3n) is 7.54. The Kier molecular flexibility index (Phi) is 5.69. The Morgan fingerprint density at radius 3 is 2.11 bits per heavy atom. The van der Waals surface area contributed by atoms with E-state index in [1.807, 2.05) is 48.9 Å². The van der Waals surface area contributed by atoms with Crippen LogP contribution >= 0.6 is 0 Å². The molecule has 1 spiro atoms. The van der Waals surface area contributed by atoms with E-state index >= 15 is 0 Å². The number of para-hydroxylation sites is 1. The molecule has 2 heterocycles. The Morgan fingerprint density at radius 1 is 0.917 bits per heavy atom. The van der Waals surface area contributed by atoms with Crippen LogP contribution in [0, 0.1) is 16.6 Å². The van der Waals surface area contributed by atoms with Crippen molar-refractivity contribution in [3.8, 4) is 5.69 Å². The molecule has 1 aliphatic heterocycles. The monoisotopic (exact) mass is 487 g/mol. The first-order chi connectivity index (χ1) is 16.9. The fraction of sp³-hybridized carbons (Fsp3) is 0.433. The van der Waals surface area contributed by atoms with Crippen molar-refractivity contribution in [2.24, 2.45) is 10.8 Å². The van der Waals surface area contributed by atoms with Crippen molar-refractivity contribution in [3.05, 3.63) is 77.2 Å². The lowest BCUT2D eigenvalue weighted by molar-refractivity contribution is -0.148. The van der Waals surface area contributed by atoms with Gasteiger partial charge in [-0.1, -0.05) is 65.0 Å². The van der Waals surface area contributed by atoms with Gasteiger partial charge in [0.1, 0.15) is 28.6 Å². The van der Waals surface area contributed by atoms with Crippen molar-refractivity contribution in [2.75, 3.05) is 11.4 Å². The van der Waals surface area contributed by atoms with E-state index in [9.17, 15) is 14.0 Å². The molecule has 36 heavy (non-hydrogen) atoms. The highest BCUT2D eigenvalue weighted by Gasteiger charge is 2.56. The van der Waals surface area contributed by atoms with E-state index in [1.165, 1.54) is 12.1 Å². The molecule has 0 bridgehead atoms. The highest BCUT2D eigenvalue weighted by Crippen LogP contribution is 2.49. The van der Waals surface area contributed by atoms with Crippen LogP contribution in [0.1, 0.15) is 64.3 Å². The second kappa shape index (κ2) is 8.39. The summed E-state index contributed by atoms with van der Waals surface area (Å²) in [6.45, 7) is 11.1. The quantitative estimate of drug-likeness (QED) is 0.437. The molecular weight excluding hydrogens is 453 g/mol. The number of carbonyl (C=O) groups excluding carboxylic acids is 2. The number of rotatable bonds is 3. The summed E-state index contributed by atoms with van der Waals surface area (Å²) in [7, 11) is 0. The van der Waals surface area contributed by atoms with Crippen molar-refractivity contribution in [2.45, 2.75) is 65.8 Å². The Hall–Kier alpha value is -3.28. The zero-order chi connectivity index (χ0) is 25.9. The summed E-state index contributed by atoms with van der Waals surface area (Å²) in [6.07, 6.45) is 1.14. The van der Waals surface area contributed by atoms with Crippen molar-refractivity contribution in [1.29, 1.82) is 0 Å². The second-order valence-electron chi connectivity index (χ2n) is 12.3. The van der Waals surface area contributed by atoms with Crippen LogP contribution in [0.4, 0.5) is 10.2 Å². The molecule has 5 nitrogen and oxygen atoms in total. The number of ketones is 2. The molecule has 3 aromatic rings. The van der Waals surface area contributed by atoms with Crippen molar-refractivity contribution in [3.63, 3.8) is 0 Å². The van der Waals surface area contributed by atoms with Crippen molar-refractivity contribution < 1.29 is 14.0 Å². The molecule has 1 saturated carbocycles. The number of fused-ring (bicyclic) bond motifs is 1. The average Bonchev–Trinajstić information content (AvgIpc) is 3.20. The topological polar surface area (TPSA) is 55.2 Å². The Morgan fingerprint density at radius 2 is 1.53 bits per heavy atom. The van der Waals surface area contributed by atoms with Gasteiger partial charge in [0, 0.05) is 36.9 Å². The molecule has 1 aromatic heterocycles. The van der Waals surface area contributed by atoms with Gasteiger partial charge in [0.2, 0.25) is 0 Å². The molecule has 0 atom stereocenters. The van der Waals surface area contributed by atoms with Gasteiger partial charge in [0.25, 0.3) is 0 Å². The van der Waals surface area contributed by atoms with Crippen LogP contribution in [0.3, 0.4) is 0 Å². The van der Waals surface area contributed by atoms with Crippen LogP contribution in [-0.4, -0.2) is 27.9 Å². The van der Waals surface area contributed by atoms with E-state index in [2.05, 4.69) is 25.7 Å². The average molecular weight is 488 g/mol. The molecule has 0 saturated heterocycles. The number of anilines is 1. The number of Topliss-reactive ketones (excluding diaryl/α,β-unsaturated/α-hetero) is 2. The summed E-state index contributed by atoms with van der Waals surface area (Å²) in [6, 6.07) is 16.4. The summed E-state index contributed by atoms with van der Waals surface area (Å²) in [5.74, 6) is 0.655. The van der Waals surface area contributed by atoms with Crippen LogP contribution in [0.2, 0.25) is 0 Å². The van der Waals surface area contributed by atoms with E-state index in [0.717, 1.165) is 28.3 Å². The van der Waals surface area contributed by atoms with Crippen molar-refractivity contribution >= 4 is 17.4 Å². The molecule has 0 amide bonds. The number of hydrogen-bond acceptors (Lipinski definition) is 4. The number of nitrogens with zero attached hydrogens (tertiary/aromatic N) is 3. The van der Waals surface area contributed by atoms with Crippen LogP contribution in [0.5, 0.6) is 0 Å². The lowest BCUT2D eigenvalue weighted by Gasteiger charge is -2.47. The summed E-state index contributed by atoms with van der Waals surface area (Å²) < 4.78 is 15.6. The van der Waals surface area contributed by atoms with Crippen molar-refractivity contribution in [1.82, 2.24) is 9.78 Å². The highest BCUT2D eigenvalue weighted by molar-refractivity contribution is 6.11. The number of hydrogen-bond donors (Lipinski definition) is 0. The molecule has 1 fully saturated rings. The summed E-state index contributed by atoms with van der Waals surface area (Å²) >= 11 is 0. The maximum atomic E-state index is 13.8. The highest BCUT2D eigenvalue weighted by atomic mass is 19.1. The number of benzene rings is 2. The van der Waals surface area contributed by atoms with Gasteiger partial charge in [-0.25, -0.2) is 9.07 Å². The Bertz CT molecular complexity index is 1300. The van der Waals surface area contributed by atoms with Crippen LogP contribution in [0.15, 0.2) is 54.6 Å². The fourth-order valence-corrected chi connectivity index (χ4v) is 5.78. The molecule has 0 unspecified atom stereocenters. The van der Waals surface area contributed by atoms with E-state index in [1.54, 1.807) is 12.1 Å². The maximum absolute atomic E-state index is 13.8. The SMILES string of the molecule is CC1(C)CC(=O)C2(Cc3c(C(C)(C)C)nn(-c4ccccc4)c3N(Cc3ccc(F)cc3)C2)C(=O)C1. The van der Waals surface area contributed by atoms with E-state index in [-0.39, 0.29) is 28.2 Å². The third-order valence-corrected chi connectivity index (χ3v) is 7.54. The first-order valence-corrected chi connectivity index (χ1v) is 12.6. The molecule has 2 aliphatic rings. The molecule has 1 aliphatic carbocycles. The predicted molar refractivity (Wildman–Crippen MR) is 139 cm³/mol. The van der Waals surface area contributed by atoms with E-state index in [4.69, 9.17) is 5.10 Å². The number of carbonyl (C=O) groups is 2. The van der Waals surface area contributed by atoms with Gasteiger partial charge in [-0.2, -0.15) is 5.10 Å². The number of halogens is 1. The molecule has 2 aromatic carbocycles. The summed E-state index contributed by atoms with van der Waals surface area (Å²) in [4.78, 5) is 29.6. The predicted octanol–water partition coefficient (Wildman–Crippen LogP) is 5.82. The zero-order valence-corrected chi connectivity index (χ0v) is 21.8. The molecule has 0 radical (unpaired) electrons. The maximum Gasteiger partial charge on any atom is 0.149 e. The summed E-state index contributed by atoms with van der Waals surface area (Å²) in [5, 5.41) is 5.09. The second-order valence-corrected chi connectivity index (χ2v) is 12.3. The van der Waals surface area contributed by atoms with Crippen LogP contribution in [-0.2, 0) is 28.0 Å². The minimum absolute atomic E-state index is 0.0193. The van der Waals surface area contributed by atoms with E-state index in [0.29, 0.717) is 32.4 Å². The van der Waals surface area contributed by atoms with Gasteiger partial charge in [-0.15, -0.1) is 0 Å². The first-order valence-electron chi connectivity index (χ1n) is 12.6. The minimum Gasteiger partial charge on any atom is -0.350 e. The summed E-state index contributed by atoms with van der Waals surface area (Å²) in [5.41, 5.74) is 1.98. The molecule has 188 valence electrons. The van der Waals surface area contributed by atoms with Crippen LogP contribution in [0.25, 0.3) is 5.69 Å². The molecule has 0 N–H and O–H groups in total. The Balaban J connectivity index is 1.72. The molecule has 5 rings (SSSR count). The largest absolute Gasteiger partial charge is 0.350 e. The fourth-order valence-electron chi connectivity index (χ4n) is 5.78. The van der Waals surface area contributed by atoms with Gasteiger partial charge in [0.05, 0.1) is 11.4 Å². The third kappa shape index (κ3) is 4.16. The standard InChI is InChI=1S/C30H34FN3O2/c1-28(2,3)26-23-15-30(24(35)16-29(4,5)17-25(30)36)19-33(18-20-11-13-21(31)14-12-20)27(23)34(32-26)22-9-7-6-8-10-22/h6-14H,15-19H2,1-5H3. The van der Waals surface area contributed by atoms with Gasteiger partial charge < -0.3 is 4.90 Å². The Labute approximate surface area is 212 Å². The molecule has 6 heteroatoms. The first kappa shape index (κ1) is 24.4. The lowest BCUT2D eigenvalue weighted by atomic mass is 9.60. The van der Waals surface area contributed by atoms with Gasteiger partial charge in [-0.3, -0.25) is 9.59 Å². The van der Waals surface area contributed by atoms with Gasteiger partial charge in [0.15, 0.2) is 0 Å². The lowest BCUT2D eigenvalue weighted by Crippen LogP contribution is -2.57. The van der Waals surface area contributed by atoms with Gasteiger partial charge >= 0.3 is 0 Å². The van der Waals surface area contributed by atoms with E-state index < -0.39 is 5.41 Å². The normalized spacial score (nSPS) is 19.0. The van der Waals surface area contributed by atoms with Crippen LogP contribution < -0.4 is 4.90 Å². The zero-order valence-electron chi connectivity index (χ0n) is 21.8. The molecular formula is C30H34FN3O2.